The highest BCUT2D eigenvalue weighted by molar-refractivity contribution is 5.94. The van der Waals surface area contributed by atoms with Gasteiger partial charge in [0.2, 0.25) is 0 Å². The van der Waals surface area contributed by atoms with Crippen LogP contribution in [-0.2, 0) is 6.42 Å². The second-order valence-electron chi connectivity index (χ2n) is 5.29. The molecule has 1 heterocycles. The van der Waals surface area contributed by atoms with Crippen LogP contribution < -0.4 is 10.1 Å². The lowest BCUT2D eigenvalue weighted by Crippen LogP contribution is -2.24. The number of fused-ring (bicyclic) bond motifs is 1. The van der Waals surface area contributed by atoms with Crippen LogP contribution in [0, 0.1) is 0 Å². The summed E-state index contributed by atoms with van der Waals surface area (Å²) in [6.45, 7) is 0.613. The average molecular weight is 309 g/mol. The predicted molar refractivity (Wildman–Crippen MR) is 89.7 cm³/mol. The summed E-state index contributed by atoms with van der Waals surface area (Å²) in [7, 11) is 1.60. The van der Waals surface area contributed by atoms with E-state index in [4.69, 9.17) is 4.74 Å². The number of benzene rings is 2. The number of nitrogens with zero attached hydrogens (tertiary/aromatic N) is 1. The van der Waals surface area contributed by atoms with Crippen molar-refractivity contribution < 1.29 is 9.53 Å². The van der Waals surface area contributed by atoms with E-state index < -0.39 is 0 Å². The molecule has 5 nitrogen and oxygen atoms in total. The molecular formula is C18H19N3O2. The van der Waals surface area contributed by atoms with Gasteiger partial charge in [0.15, 0.2) is 0 Å². The van der Waals surface area contributed by atoms with E-state index in [0.717, 1.165) is 35.4 Å². The normalized spacial score (nSPS) is 10.7. The van der Waals surface area contributed by atoms with Gasteiger partial charge in [-0.15, -0.1) is 0 Å². The fourth-order valence-electron chi connectivity index (χ4n) is 2.43. The molecule has 23 heavy (non-hydrogen) atoms. The minimum absolute atomic E-state index is 0.0720. The van der Waals surface area contributed by atoms with Crippen molar-refractivity contribution in [3.8, 4) is 5.75 Å². The van der Waals surface area contributed by atoms with Crippen LogP contribution in [0.2, 0.25) is 0 Å². The molecule has 0 unspecified atom stereocenters. The van der Waals surface area contributed by atoms with E-state index in [0.29, 0.717) is 12.1 Å². The summed E-state index contributed by atoms with van der Waals surface area (Å²) in [4.78, 5) is 19.8. The van der Waals surface area contributed by atoms with Crippen molar-refractivity contribution in [2.24, 2.45) is 0 Å². The van der Waals surface area contributed by atoms with Gasteiger partial charge in [0.1, 0.15) is 11.6 Å². The molecule has 0 fully saturated rings. The Morgan fingerprint density at radius 2 is 1.96 bits per heavy atom. The van der Waals surface area contributed by atoms with Gasteiger partial charge in [-0.05, 0) is 42.8 Å². The zero-order valence-electron chi connectivity index (χ0n) is 13.0. The van der Waals surface area contributed by atoms with Crippen LogP contribution in [0.4, 0.5) is 0 Å². The molecule has 0 saturated carbocycles. The number of carbonyl (C=O) groups excluding carboxylic acids is 1. The molecule has 2 N–H and O–H groups in total. The van der Waals surface area contributed by atoms with Crippen molar-refractivity contribution in [2.75, 3.05) is 13.7 Å². The summed E-state index contributed by atoms with van der Waals surface area (Å²) in [6.07, 6.45) is 1.64. The minimum atomic E-state index is -0.0720. The molecule has 118 valence electrons. The van der Waals surface area contributed by atoms with Gasteiger partial charge in [-0.3, -0.25) is 4.79 Å². The lowest BCUT2D eigenvalue weighted by molar-refractivity contribution is 0.0953. The molecule has 2 aromatic carbocycles. The molecule has 1 aromatic heterocycles. The van der Waals surface area contributed by atoms with Crippen LogP contribution in [0.3, 0.4) is 0 Å². The summed E-state index contributed by atoms with van der Waals surface area (Å²) in [5.41, 5.74) is 2.66. The first-order chi connectivity index (χ1) is 11.3. The molecule has 0 aliphatic heterocycles. The number of H-pyrrole nitrogens is 1. The second-order valence-corrected chi connectivity index (χ2v) is 5.29. The summed E-state index contributed by atoms with van der Waals surface area (Å²) in [5.74, 6) is 1.62. The number of aromatic nitrogens is 2. The lowest BCUT2D eigenvalue weighted by Gasteiger charge is -2.05. The third-order valence-corrected chi connectivity index (χ3v) is 3.67. The number of imidazole rings is 1. The van der Waals surface area contributed by atoms with Gasteiger partial charge < -0.3 is 15.0 Å². The highest BCUT2D eigenvalue weighted by Crippen LogP contribution is 2.12. The number of carbonyl (C=O) groups is 1. The molecule has 0 radical (unpaired) electrons. The second kappa shape index (κ2) is 6.96. The molecule has 0 saturated heterocycles. The molecule has 3 aromatic rings. The maximum Gasteiger partial charge on any atom is 0.251 e. The molecule has 0 spiro atoms. The third kappa shape index (κ3) is 3.69. The standard InChI is InChI=1S/C18H19N3O2/c1-23-14-10-8-13(9-11-14)18(22)19-12-4-7-17-20-15-5-2-3-6-16(15)21-17/h2-3,5-6,8-11H,4,7,12H2,1H3,(H,19,22)(H,20,21). The average Bonchev–Trinajstić information content (AvgIpc) is 3.01. The van der Waals surface area contributed by atoms with E-state index in [2.05, 4.69) is 15.3 Å². The fourth-order valence-corrected chi connectivity index (χ4v) is 2.43. The number of methoxy groups -OCH3 is 1. The highest BCUT2D eigenvalue weighted by atomic mass is 16.5. The molecule has 1 amide bonds. The van der Waals surface area contributed by atoms with Gasteiger partial charge in [-0.25, -0.2) is 4.98 Å². The van der Waals surface area contributed by atoms with Crippen molar-refractivity contribution in [3.05, 3.63) is 59.9 Å². The number of hydrogen-bond donors (Lipinski definition) is 2. The van der Waals surface area contributed by atoms with Crippen molar-refractivity contribution in [1.29, 1.82) is 0 Å². The number of nitrogens with one attached hydrogen (secondary N) is 2. The summed E-state index contributed by atoms with van der Waals surface area (Å²) in [5, 5.41) is 2.92. The van der Waals surface area contributed by atoms with Crippen molar-refractivity contribution in [3.63, 3.8) is 0 Å². The monoisotopic (exact) mass is 309 g/mol. The molecule has 0 bridgehead atoms. The molecule has 0 atom stereocenters. The summed E-state index contributed by atoms with van der Waals surface area (Å²) in [6, 6.07) is 15.0. The first-order valence-electron chi connectivity index (χ1n) is 7.62. The number of hydrogen-bond acceptors (Lipinski definition) is 3. The Hall–Kier alpha value is -2.82. The van der Waals surface area contributed by atoms with E-state index in [9.17, 15) is 4.79 Å². The Labute approximate surface area is 134 Å². The van der Waals surface area contributed by atoms with E-state index in [1.165, 1.54) is 0 Å². The van der Waals surface area contributed by atoms with Gasteiger partial charge >= 0.3 is 0 Å². The van der Waals surface area contributed by atoms with Gasteiger partial charge in [-0.1, -0.05) is 12.1 Å². The van der Waals surface area contributed by atoms with Crippen molar-refractivity contribution >= 4 is 16.9 Å². The Kier molecular flexibility index (Phi) is 4.57. The van der Waals surface area contributed by atoms with Gasteiger partial charge in [0, 0.05) is 18.5 Å². The largest absolute Gasteiger partial charge is 0.497 e. The van der Waals surface area contributed by atoms with Gasteiger partial charge in [-0.2, -0.15) is 0 Å². The topological polar surface area (TPSA) is 67.0 Å². The Balaban J connectivity index is 1.47. The van der Waals surface area contributed by atoms with Gasteiger partial charge in [0.25, 0.3) is 5.91 Å². The maximum atomic E-state index is 12.0. The number of ether oxygens (including phenoxy) is 1. The number of aromatic amines is 1. The Morgan fingerprint density at radius 1 is 1.17 bits per heavy atom. The van der Waals surface area contributed by atoms with E-state index in [-0.39, 0.29) is 5.91 Å². The fraction of sp³-hybridized carbons (Fsp3) is 0.222. The molecule has 0 aliphatic carbocycles. The van der Waals surface area contributed by atoms with Crippen LogP contribution >= 0.6 is 0 Å². The number of aryl methyl sites for hydroxylation is 1. The highest BCUT2D eigenvalue weighted by Gasteiger charge is 2.06. The van der Waals surface area contributed by atoms with E-state index >= 15 is 0 Å². The minimum Gasteiger partial charge on any atom is -0.497 e. The van der Waals surface area contributed by atoms with Crippen LogP contribution in [0.15, 0.2) is 48.5 Å². The van der Waals surface area contributed by atoms with Crippen molar-refractivity contribution in [1.82, 2.24) is 15.3 Å². The number of amides is 1. The van der Waals surface area contributed by atoms with E-state index in [1.54, 1.807) is 31.4 Å². The van der Waals surface area contributed by atoms with E-state index in [1.807, 2.05) is 24.3 Å². The quantitative estimate of drug-likeness (QED) is 0.688. The maximum absolute atomic E-state index is 12.0. The molecule has 0 aliphatic rings. The first-order valence-corrected chi connectivity index (χ1v) is 7.62. The SMILES string of the molecule is COc1ccc(C(=O)NCCCc2nc3ccccc3[nH]2)cc1. The van der Waals surface area contributed by atoms with Gasteiger partial charge in [0.05, 0.1) is 18.1 Å². The number of para-hydroxylation sites is 2. The van der Waals surface area contributed by atoms with Crippen LogP contribution in [0.5, 0.6) is 5.75 Å². The molecular weight excluding hydrogens is 290 g/mol. The zero-order chi connectivity index (χ0) is 16.1. The number of rotatable bonds is 6. The van der Waals surface area contributed by atoms with Crippen LogP contribution in [-0.4, -0.2) is 29.5 Å². The molecule has 3 rings (SSSR count). The van der Waals surface area contributed by atoms with Crippen molar-refractivity contribution in [2.45, 2.75) is 12.8 Å². The Bertz CT molecular complexity index is 760. The molecule has 5 heteroatoms. The van der Waals surface area contributed by atoms with Crippen LogP contribution in [0.1, 0.15) is 22.6 Å². The first kappa shape index (κ1) is 15.1. The Morgan fingerprint density at radius 3 is 2.70 bits per heavy atom. The predicted octanol–water partition coefficient (Wildman–Crippen LogP) is 2.93. The summed E-state index contributed by atoms with van der Waals surface area (Å²) >= 11 is 0. The van der Waals surface area contributed by atoms with Crippen LogP contribution in [0.25, 0.3) is 11.0 Å². The summed E-state index contributed by atoms with van der Waals surface area (Å²) < 4.78 is 5.08. The smallest absolute Gasteiger partial charge is 0.251 e. The zero-order valence-corrected chi connectivity index (χ0v) is 13.0. The third-order valence-electron chi connectivity index (χ3n) is 3.67. The lowest BCUT2D eigenvalue weighted by atomic mass is 10.2.